The van der Waals surface area contributed by atoms with E-state index in [1.165, 1.54) is 0 Å². The first-order chi connectivity index (χ1) is 8.68. The van der Waals surface area contributed by atoms with Crippen molar-refractivity contribution in [3.05, 3.63) is 0 Å². The van der Waals surface area contributed by atoms with Gasteiger partial charge < -0.3 is 20.0 Å². The van der Waals surface area contributed by atoms with Crippen molar-refractivity contribution in [3.8, 4) is 0 Å². The normalized spacial score (nSPS) is 16.6. The third-order valence-corrected chi connectivity index (χ3v) is 8.37. The van der Waals surface area contributed by atoms with Crippen molar-refractivity contribution >= 4 is 14.4 Å². The predicted molar refractivity (Wildman–Crippen MR) is 83.1 cm³/mol. The Balaban J connectivity index is 4.79. The maximum absolute atomic E-state index is 11.0. The van der Waals surface area contributed by atoms with E-state index in [0.29, 0.717) is 0 Å². The van der Waals surface area contributed by atoms with Gasteiger partial charge in [-0.15, -0.1) is 0 Å². The molecular formula is C14H31NO4Si. The summed E-state index contributed by atoms with van der Waals surface area (Å²) in [5.74, 6) is 0. The highest BCUT2D eigenvalue weighted by atomic mass is 28.4. The number of rotatable bonds is 5. The Morgan fingerprint density at radius 2 is 1.65 bits per heavy atom. The van der Waals surface area contributed by atoms with Gasteiger partial charge in [0.1, 0.15) is 12.2 Å². The Bertz CT molecular complexity index is 331. The molecule has 0 aromatic heterocycles. The molecule has 6 heteroatoms. The Kier molecular flexibility index (Phi) is 6.26. The van der Waals surface area contributed by atoms with Crippen LogP contribution in [0.1, 0.15) is 41.5 Å². The van der Waals surface area contributed by atoms with Crippen LogP contribution in [-0.2, 0) is 9.16 Å². The van der Waals surface area contributed by atoms with Crippen LogP contribution < -0.4 is 5.73 Å². The van der Waals surface area contributed by atoms with E-state index in [9.17, 15) is 9.90 Å². The minimum atomic E-state index is -1.94. The molecule has 2 atom stereocenters. The molecule has 0 heterocycles. The van der Waals surface area contributed by atoms with Crippen LogP contribution in [0.3, 0.4) is 0 Å². The van der Waals surface area contributed by atoms with Crippen LogP contribution in [0.25, 0.3) is 0 Å². The second-order valence-electron chi connectivity index (χ2n) is 7.86. The number of primary amides is 1. The number of ether oxygens (including phenoxy) is 1. The van der Waals surface area contributed by atoms with Gasteiger partial charge in [0.15, 0.2) is 8.32 Å². The number of hydrogen-bond donors (Lipinski definition) is 2. The molecule has 0 aromatic rings. The Labute approximate surface area is 124 Å². The van der Waals surface area contributed by atoms with Crippen LogP contribution in [0.4, 0.5) is 4.79 Å². The maximum atomic E-state index is 11.0. The van der Waals surface area contributed by atoms with Crippen molar-refractivity contribution in [3.63, 3.8) is 0 Å². The van der Waals surface area contributed by atoms with Crippen LogP contribution in [0.15, 0.2) is 0 Å². The lowest BCUT2D eigenvalue weighted by molar-refractivity contribution is -0.0676. The van der Waals surface area contributed by atoms with E-state index in [-0.39, 0.29) is 11.6 Å². The Morgan fingerprint density at radius 3 is 1.95 bits per heavy atom. The molecule has 0 aromatic carbocycles. The molecule has 0 aliphatic heterocycles. The fraction of sp³-hybridized carbons (Fsp3) is 0.929. The summed E-state index contributed by atoms with van der Waals surface area (Å²) in [4.78, 5) is 11.0. The average Bonchev–Trinajstić information content (AvgIpc) is 2.19. The van der Waals surface area contributed by atoms with Crippen molar-refractivity contribution in [1.82, 2.24) is 0 Å². The van der Waals surface area contributed by atoms with Crippen LogP contribution >= 0.6 is 0 Å². The minimum Gasteiger partial charge on any atom is -0.443 e. The zero-order valence-corrected chi connectivity index (χ0v) is 15.1. The molecule has 0 fully saturated rings. The quantitative estimate of drug-likeness (QED) is 0.765. The number of carbonyl (C=O) groups excluding carboxylic acids is 1. The molecule has 0 spiro atoms. The molecule has 0 bridgehead atoms. The lowest BCUT2D eigenvalue weighted by Gasteiger charge is -2.39. The third-order valence-electron chi connectivity index (χ3n) is 3.87. The van der Waals surface area contributed by atoms with Crippen LogP contribution in [0.5, 0.6) is 0 Å². The first-order valence-corrected chi connectivity index (χ1v) is 9.87. The molecule has 0 radical (unpaired) electrons. The SMILES string of the molecule is CC(C)(C)C(OC(N)=O)C(O)CO[Si](C)(C)C(C)(C)C. The van der Waals surface area contributed by atoms with Gasteiger partial charge in [-0.2, -0.15) is 0 Å². The highest BCUT2D eigenvalue weighted by Crippen LogP contribution is 2.37. The molecule has 120 valence electrons. The third kappa shape index (κ3) is 5.81. The fourth-order valence-electron chi connectivity index (χ4n) is 1.56. The van der Waals surface area contributed by atoms with E-state index < -0.39 is 32.0 Å². The molecule has 1 amide bonds. The van der Waals surface area contributed by atoms with Crippen molar-refractivity contribution in [1.29, 1.82) is 0 Å². The first kappa shape index (κ1) is 19.4. The van der Waals surface area contributed by atoms with Crippen molar-refractivity contribution in [2.75, 3.05) is 6.61 Å². The van der Waals surface area contributed by atoms with Gasteiger partial charge in [-0.1, -0.05) is 41.5 Å². The Hall–Kier alpha value is -0.593. The van der Waals surface area contributed by atoms with Crippen molar-refractivity contribution in [2.45, 2.75) is 71.9 Å². The highest BCUT2D eigenvalue weighted by Gasteiger charge is 2.40. The van der Waals surface area contributed by atoms with Crippen LogP contribution in [0, 0.1) is 5.41 Å². The maximum Gasteiger partial charge on any atom is 0.404 e. The molecule has 2 unspecified atom stereocenters. The monoisotopic (exact) mass is 305 g/mol. The summed E-state index contributed by atoms with van der Waals surface area (Å²) in [6, 6.07) is 0. The van der Waals surface area contributed by atoms with E-state index in [1.807, 2.05) is 20.8 Å². The van der Waals surface area contributed by atoms with Crippen LogP contribution in [-0.4, -0.2) is 38.3 Å². The van der Waals surface area contributed by atoms with E-state index in [1.54, 1.807) is 0 Å². The zero-order valence-electron chi connectivity index (χ0n) is 14.1. The number of hydrogen-bond acceptors (Lipinski definition) is 4. The predicted octanol–water partition coefficient (Wildman–Crippen LogP) is 2.88. The number of aliphatic hydroxyl groups excluding tert-OH is 1. The molecular weight excluding hydrogens is 274 g/mol. The number of aliphatic hydroxyl groups is 1. The number of carbonyl (C=O) groups is 1. The number of nitrogens with two attached hydrogens (primary N) is 1. The fourth-order valence-corrected chi connectivity index (χ4v) is 2.58. The first-order valence-electron chi connectivity index (χ1n) is 6.96. The van der Waals surface area contributed by atoms with Gasteiger partial charge in [0.05, 0.1) is 6.61 Å². The zero-order chi connectivity index (χ0) is 16.4. The van der Waals surface area contributed by atoms with Gasteiger partial charge in [-0.05, 0) is 18.1 Å². The summed E-state index contributed by atoms with van der Waals surface area (Å²) < 4.78 is 11.0. The molecule has 3 N–H and O–H groups in total. The summed E-state index contributed by atoms with van der Waals surface area (Å²) >= 11 is 0. The largest absolute Gasteiger partial charge is 0.443 e. The van der Waals surface area contributed by atoms with E-state index in [2.05, 4.69) is 33.9 Å². The van der Waals surface area contributed by atoms with E-state index in [4.69, 9.17) is 14.9 Å². The van der Waals surface area contributed by atoms with Crippen molar-refractivity contribution in [2.24, 2.45) is 11.1 Å². The van der Waals surface area contributed by atoms with Gasteiger partial charge in [-0.25, -0.2) is 4.79 Å². The van der Waals surface area contributed by atoms with E-state index >= 15 is 0 Å². The molecule has 0 aliphatic rings. The molecule has 5 nitrogen and oxygen atoms in total. The van der Waals surface area contributed by atoms with E-state index in [0.717, 1.165) is 0 Å². The summed E-state index contributed by atoms with van der Waals surface area (Å²) in [6.45, 7) is 16.4. The lowest BCUT2D eigenvalue weighted by Crippen LogP contribution is -2.48. The molecule has 0 saturated heterocycles. The van der Waals surface area contributed by atoms with Gasteiger partial charge in [0.2, 0.25) is 0 Å². The molecule has 0 rings (SSSR count). The molecule has 0 saturated carbocycles. The lowest BCUT2D eigenvalue weighted by atomic mass is 9.86. The number of amides is 1. The minimum absolute atomic E-state index is 0.0640. The van der Waals surface area contributed by atoms with Crippen LogP contribution in [0.2, 0.25) is 18.1 Å². The summed E-state index contributed by atoms with van der Waals surface area (Å²) in [7, 11) is -1.94. The molecule has 0 aliphatic carbocycles. The standard InChI is InChI=1S/C14H31NO4Si/c1-13(2,3)11(19-12(15)17)10(16)9-18-20(7,8)14(4,5)6/h10-11,16H,9H2,1-8H3,(H2,15,17). The van der Waals surface area contributed by atoms with Gasteiger partial charge in [-0.3, -0.25) is 0 Å². The Morgan fingerprint density at radius 1 is 1.20 bits per heavy atom. The van der Waals surface area contributed by atoms with Crippen molar-refractivity contribution < 1.29 is 19.1 Å². The average molecular weight is 305 g/mol. The van der Waals surface area contributed by atoms with Gasteiger partial charge >= 0.3 is 6.09 Å². The van der Waals surface area contributed by atoms with Gasteiger partial charge in [0.25, 0.3) is 0 Å². The summed E-state index contributed by atoms with van der Waals surface area (Å²) in [5.41, 5.74) is 4.66. The highest BCUT2D eigenvalue weighted by molar-refractivity contribution is 6.74. The topological polar surface area (TPSA) is 81.8 Å². The summed E-state index contributed by atoms with van der Waals surface area (Å²) in [6.07, 6.45) is -2.46. The smallest absolute Gasteiger partial charge is 0.404 e. The summed E-state index contributed by atoms with van der Waals surface area (Å²) in [5, 5.41) is 10.4. The second kappa shape index (κ2) is 6.45. The second-order valence-corrected chi connectivity index (χ2v) is 12.7. The van der Waals surface area contributed by atoms with Gasteiger partial charge in [0, 0.05) is 5.41 Å². The molecule has 20 heavy (non-hydrogen) atoms.